The molecule has 4 nitrogen and oxygen atoms in total. The van der Waals surface area contributed by atoms with E-state index in [0.29, 0.717) is 0 Å². The lowest BCUT2D eigenvalue weighted by molar-refractivity contribution is 1.08. The number of benzene rings is 1. The Labute approximate surface area is 109 Å². The third kappa shape index (κ3) is 3.42. The summed E-state index contributed by atoms with van der Waals surface area (Å²) in [5.74, 6) is 1.62. The van der Waals surface area contributed by atoms with Gasteiger partial charge in [0.2, 0.25) is 0 Å². The molecule has 2 aromatic rings. The van der Waals surface area contributed by atoms with Crippen LogP contribution >= 0.6 is 15.9 Å². The largest absolute Gasteiger partial charge is 0.373 e. The monoisotopic (exact) mass is 292 g/mol. The highest BCUT2D eigenvalue weighted by atomic mass is 79.9. The van der Waals surface area contributed by atoms with E-state index in [0.717, 1.165) is 22.7 Å². The van der Waals surface area contributed by atoms with Crippen molar-refractivity contribution in [3.63, 3.8) is 0 Å². The average Bonchev–Trinajstić information content (AvgIpc) is 2.38. The molecule has 88 valence electrons. The molecule has 1 aromatic heterocycles. The smallest absolute Gasteiger partial charge is 0.131 e. The maximum absolute atomic E-state index is 4.15. The van der Waals surface area contributed by atoms with Gasteiger partial charge < -0.3 is 10.6 Å². The fourth-order valence-corrected chi connectivity index (χ4v) is 1.65. The van der Waals surface area contributed by atoms with Crippen molar-refractivity contribution in [3.8, 4) is 0 Å². The van der Waals surface area contributed by atoms with Crippen molar-refractivity contribution in [1.29, 1.82) is 0 Å². The first-order chi connectivity index (χ1) is 8.28. The number of hydrogen-bond acceptors (Lipinski definition) is 4. The second-order valence-electron chi connectivity index (χ2n) is 3.52. The predicted octanol–water partition coefficient (Wildman–Crippen LogP) is 2.89. The third-order valence-corrected chi connectivity index (χ3v) is 2.84. The lowest BCUT2D eigenvalue weighted by Crippen LogP contribution is -2.02. The van der Waals surface area contributed by atoms with Gasteiger partial charge in [0, 0.05) is 24.1 Å². The fraction of sp³-hybridized carbons (Fsp3) is 0.167. The van der Waals surface area contributed by atoms with Crippen molar-refractivity contribution < 1.29 is 0 Å². The summed E-state index contributed by atoms with van der Waals surface area (Å²) in [5.41, 5.74) is 1.21. The van der Waals surface area contributed by atoms with E-state index >= 15 is 0 Å². The zero-order valence-electron chi connectivity index (χ0n) is 9.44. The molecular formula is C12H13BrN4. The van der Waals surface area contributed by atoms with E-state index in [2.05, 4.69) is 48.7 Å². The van der Waals surface area contributed by atoms with Crippen molar-refractivity contribution in [3.05, 3.63) is 46.7 Å². The molecule has 2 rings (SSSR count). The minimum Gasteiger partial charge on any atom is -0.373 e. The molecule has 0 aliphatic carbocycles. The van der Waals surface area contributed by atoms with Crippen molar-refractivity contribution in [1.82, 2.24) is 9.97 Å². The van der Waals surface area contributed by atoms with Crippen LogP contribution in [-0.4, -0.2) is 17.0 Å². The first-order valence-corrected chi connectivity index (χ1v) is 6.05. The van der Waals surface area contributed by atoms with E-state index in [1.807, 2.05) is 25.2 Å². The standard InChI is InChI=1S/C12H13BrN4/c1-14-11-6-12(17-8-16-11)15-7-9-2-4-10(13)5-3-9/h2-6,8H,7H2,1H3,(H2,14,15,16,17). The highest BCUT2D eigenvalue weighted by Crippen LogP contribution is 2.13. The van der Waals surface area contributed by atoms with E-state index in [-0.39, 0.29) is 0 Å². The Hall–Kier alpha value is -1.62. The molecule has 0 saturated heterocycles. The van der Waals surface area contributed by atoms with Gasteiger partial charge in [0.1, 0.15) is 18.0 Å². The number of halogens is 1. The molecule has 0 fully saturated rings. The predicted molar refractivity (Wildman–Crippen MR) is 73.0 cm³/mol. The van der Waals surface area contributed by atoms with Gasteiger partial charge in [-0.25, -0.2) is 9.97 Å². The Bertz CT molecular complexity index is 484. The molecule has 0 spiro atoms. The second kappa shape index (κ2) is 5.63. The number of anilines is 2. The van der Waals surface area contributed by atoms with E-state index in [1.54, 1.807) is 0 Å². The minimum atomic E-state index is 0.743. The molecule has 1 heterocycles. The summed E-state index contributed by atoms with van der Waals surface area (Å²) in [5, 5.41) is 6.22. The van der Waals surface area contributed by atoms with E-state index in [9.17, 15) is 0 Å². The van der Waals surface area contributed by atoms with Crippen molar-refractivity contribution >= 4 is 27.6 Å². The number of aromatic nitrogens is 2. The van der Waals surface area contributed by atoms with Crippen molar-refractivity contribution in [2.45, 2.75) is 6.54 Å². The maximum atomic E-state index is 4.15. The summed E-state index contributed by atoms with van der Waals surface area (Å²) in [6.07, 6.45) is 1.54. The van der Waals surface area contributed by atoms with Gasteiger partial charge in [-0.15, -0.1) is 0 Å². The van der Waals surface area contributed by atoms with Gasteiger partial charge in [-0.1, -0.05) is 28.1 Å². The Kier molecular flexibility index (Phi) is 3.93. The Morgan fingerprint density at radius 2 is 1.82 bits per heavy atom. The van der Waals surface area contributed by atoms with E-state index in [1.165, 1.54) is 11.9 Å². The molecule has 0 saturated carbocycles. The summed E-state index contributed by atoms with van der Waals surface area (Å²) in [4.78, 5) is 8.20. The van der Waals surface area contributed by atoms with Crippen LogP contribution in [0.1, 0.15) is 5.56 Å². The van der Waals surface area contributed by atoms with Gasteiger partial charge in [-0.2, -0.15) is 0 Å². The lowest BCUT2D eigenvalue weighted by Gasteiger charge is -2.06. The van der Waals surface area contributed by atoms with Crippen LogP contribution in [-0.2, 0) is 6.54 Å². The molecule has 0 unspecified atom stereocenters. The molecule has 0 aliphatic rings. The Balaban J connectivity index is 1.99. The Morgan fingerprint density at radius 1 is 1.12 bits per heavy atom. The van der Waals surface area contributed by atoms with Gasteiger partial charge >= 0.3 is 0 Å². The number of nitrogens with one attached hydrogen (secondary N) is 2. The summed E-state index contributed by atoms with van der Waals surface area (Å²) < 4.78 is 1.08. The van der Waals surface area contributed by atoms with Crippen LogP contribution < -0.4 is 10.6 Å². The highest BCUT2D eigenvalue weighted by molar-refractivity contribution is 9.10. The average molecular weight is 293 g/mol. The van der Waals surface area contributed by atoms with Crippen LogP contribution in [0.3, 0.4) is 0 Å². The van der Waals surface area contributed by atoms with Gasteiger partial charge in [-0.05, 0) is 17.7 Å². The molecule has 2 N–H and O–H groups in total. The van der Waals surface area contributed by atoms with Crippen LogP contribution in [0.15, 0.2) is 41.1 Å². The normalized spacial score (nSPS) is 10.0. The molecule has 0 amide bonds. The quantitative estimate of drug-likeness (QED) is 0.910. The van der Waals surface area contributed by atoms with Crippen molar-refractivity contribution in [2.75, 3.05) is 17.7 Å². The summed E-state index contributed by atoms with van der Waals surface area (Å²) in [6.45, 7) is 0.743. The first kappa shape index (κ1) is 11.9. The van der Waals surface area contributed by atoms with Crippen LogP contribution in [0, 0.1) is 0 Å². The van der Waals surface area contributed by atoms with Gasteiger partial charge in [0.15, 0.2) is 0 Å². The SMILES string of the molecule is CNc1cc(NCc2ccc(Br)cc2)ncn1. The highest BCUT2D eigenvalue weighted by Gasteiger charge is 1.97. The number of rotatable bonds is 4. The number of hydrogen-bond donors (Lipinski definition) is 2. The molecule has 0 aliphatic heterocycles. The van der Waals surface area contributed by atoms with Crippen molar-refractivity contribution in [2.24, 2.45) is 0 Å². The van der Waals surface area contributed by atoms with Crippen LogP contribution in [0.2, 0.25) is 0 Å². The van der Waals surface area contributed by atoms with Crippen LogP contribution in [0.25, 0.3) is 0 Å². The third-order valence-electron chi connectivity index (χ3n) is 2.31. The number of nitrogens with zero attached hydrogens (tertiary/aromatic N) is 2. The topological polar surface area (TPSA) is 49.8 Å². The molecular weight excluding hydrogens is 280 g/mol. The zero-order chi connectivity index (χ0) is 12.1. The molecule has 0 bridgehead atoms. The van der Waals surface area contributed by atoms with Crippen LogP contribution in [0.4, 0.5) is 11.6 Å². The molecule has 0 radical (unpaired) electrons. The fourth-order valence-electron chi connectivity index (χ4n) is 1.39. The summed E-state index contributed by atoms with van der Waals surface area (Å²) in [6, 6.07) is 10.1. The van der Waals surface area contributed by atoms with Gasteiger partial charge in [-0.3, -0.25) is 0 Å². The molecule has 17 heavy (non-hydrogen) atoms. The van der Waals surface area contributed by atoms with E-state index in [4.69, 9.17) is 0 Å². The summed E-state index contributed by atoms with van der Waals surface area (Å²) in [7, 11) is 1.83. The lowest BCUT2D eigenvalue weighted by atomic mass is 10.2. The summed E-state index contributed by atoms with van der Waals surface area (Å²) >= 11 is 3.41. The molecule has 1 aromatic carbocycles. The van der Waals surface area contributed by atoms with Gasteiger partial charge in [0.05, 0.1) is 0 Å². The maximum Gasteiger partial charge on any atom is 0.131 e. The second-order valence-corrected chi connectivity index (χ2v) is 4.43. The van der Waals surface area contributed by atoms with Crippen LogP contribution in [0.5, 0.6) is 0 Å². The zero-order valence-corrected chi connectivity index (χ0v) is 11.0. The Morgan fingerprint density at radius 3 is 2.53 bits per heavy atom. The van der Waals surface area contributed by atoms with E-state index < -0.39 is 0 Å². The minimum absolute atomic E-state index is 0.743. The first-order valence-electron chi connectivity index (χ1n) is 5.26. The molecule has 0 atom stereocenters. The molecule has 5 heteroatoms. The van der Waals surface area contributed by atoms with Gasteiger partial charge in [0.25, 0.3) is 0 Å².